The number of carbonyl (C=O) groups is 2. The van der Waals surface area contributed by atoms with Gasteiger partial charge < -0.3 is 14.9 Å². The zero-order valence-electron chi connectivity index (χ0n) is 20.0. The number of hydrogen-bond donors (Lipinski definition) is 2. The number of nitrogens with one attached hydrogen (secondary N) is 1. The highest BCUT2D eigenvalue weighted by molar-refractivity contribution is 7.19. The molecule has 0 spiro atoms. The number of aryl methyl sites for hydroxylation is 2. The number of nitrogens with zero attached hydrogens (tertiary/aromatic N) is 5. The van der Waals surface area contributed by atoms with Gasteiger partial charge in [-0.05, 0) is 57.5 Å². The summed E-state index contributed by atoms with van der Waals surface area (Å²) in [6.07, 6.45) is -0.991. The quantitative estimate of drug-likeness (QED) is 0.535. The Kier molecular flexibility index (Phi) is 6.45. The Bertz CT molecular complexity index is 1320. The number of thiazole rings is 1. The predicted octanol–water partition coefficient (Wildman–Crippen LogP) is 4.97. The molecule has 1 aliphatic rings. The van der Waals surface area contributed by atoms with Crippen molar-refractivity contribution in [1.82, 2.24) is 19.8 Å². The van der Waals surface area contributed by atoms with Crippen molar-refractivity contribution >= 4 is 28.6 Å². The lowest BCUT2D eigenvalue weighted by molar-refractivity contribution is 0.0505. The summed E-state index contributed by atoms with van der Waals surface area (Å²) in [5.74, 6) is 0. The van der Waals surface area contributed by atoms with E-state index in [2.05, 4.69) is 16.4 Å². The Labute approximate surface area is 207 Å². The van der Waals surface area contributed by atoms with E-state index < -0.39 is 11.6 Å². The topological polar surface area (TPSA) is 122 Å². The van der Waals surface area contributed by atoms with E-state index in [0.717, 1.165) is 27.4 Å². The van der Waals surface area contributed by atoms with Crippen molar-refractivity contribution in [1.29, 1.82) is 5.26 Å². The van der Waals surface area contributed by atoms with Crippen LogP contribution in [0.25, 0.3) is 21.7 Å². The highest BCUT2D eigenvalue weighted by Gasteiger charge is 2.38. The van der Waals surface area contributed by atoms with Crippen LogP contribution in [-0.2, 0) is 0 Å². The third-order valence-corrected chi connectivity index (χ3v) is 6.89. The molecule has 3 heterocycles. The van der Waals surface area contributed by atoms with Gasteiger partial charge in [0.2, 0.25) is 0 Å². The number of carboxylic acid groups (broad SMARTS) is 1. The molecule has 0 saturated carbocycles. The van der Waals surface area contributed by atoms with E-state index in [0.29, 0.717) is 16.4 Å². The van der Waals surface area contributed by atoms with Crippen LogP contribution in [0, 0.1) is 25.2 Å². The van der Waals surface area contributed by atoms with Crippen LogP contribution in [0.1, 0.15) is 30.8 Å². The van der Waals surface area contributed by atoms with E-state index in [1.807, 2.05) is 52.0 Å². The molecule has 9 nitrogen and oxygen atoms in total. The molecule has 35 heavy (non-hydrogen) atoms. The van der Waals surface area contributed by atoms with Gasteiger partial charge >= 0.3 is 12.1 Å². The van der Waals surface area contributed by atoms with Gasteiger partial charge in [-0.3, -0.25) is 10.3 Å². The van der Waals surface area contributed by atoms with Gasteiger partial charge in [-0.2, -0.15) is 5.26 Å². The van der Waals surface area contributed by atoms with E-state index in [1.54, 1.807) is 17.0 Å². The predicted molar refractivity (Wildman–Crippen MR) is 134 cm³/mol. The Morgan fingerprint density at radius 2 is 1.83 bits per heavy atom. The van der Waals surface area contributed by atoms with Crippen LogP contribution < -0.4 is 5.32 Å². The summed E-state index contributed by atoms with van der Waals surface area (Å²) in [4.78, 5) is 37.6. The molecule has 3 aromatic rings. The third-order valence-electron chi connectivity index (χ3n) is 5.87. The van der Waals surface area contributed by atoms with Gasteiger partial charge in [-0.15, -0.1) is 0 Å². The molecule has 4 rings (SSSR count). The summed E-state index contributed by atoms with van der Waals surface area (Å²) in [6.45, 7) is 8.29. The number of piperazine rings is 1. The molecule has 1 fully saturated rings. The zero-order valence-corrected chi connectivity index (χ0v) is 20.8. The van der Waals surface area contributed by atoms with Gasteiger partial charge in [0, 0.05) is 36.6 Å². The molecule has 3 amide bonds. The summed E-state index contributed by atoms with van der Waals surface area (Å²) in [5.41, 5.74) is 3.96. The first-order valence-electron chi connectivity index (χ1n) is 11.1. The number of anilines is 1. The number of carbonyl (C=O) groups excluding carboxylic acids is 1. The molecular formula is C25H26N6O3S. The van der Waals surface area contributed by atoms with E-state index >= 15 is 0 Å². The van der Waals surface area contributed by atoms with Gasteiger partial charge in [0.15, 0.2) is 5.13 Å². The van der Waals surface area contributed by atoms with E-state index in [-0.39, 0.29) is 25.7 Å². The fraction of sp³-hybridized carbons (Fsp3) is 0.320. The highest BCUT2D eigenvalue weighted by atomic mass is 32.1. The van der Waals surface area contributed by atoms with Gasteiger partial charge in [-0.1, -0.05) is 23.5 Å². The second kappa shape index (κ2) is 9.35. The Morgan fingerprint density at radius 1 is 1.11 bits per heavy atom. The lowest BCUT2D eigenvalue weighted by Gasteiger charge is -2.45. The molecular weight excluding hydrogens is 464 g/mol. The molecule has 0 radical (unpaired) electrons. The lowest BCUT2D eigenvalue weighted by Crippen LogP contribution is -2.62. The zero-order chi connectivity index (χ0) is 25.3. The minimum atomic E-state index is -0.991. The SMILES string of the molecule is Cc1cc(-c2sc(NC(=O)N3CCN(C(=O)O)CC3(C)C)nc2-c2cccc(C#N)c2)cc(C)n1. The molecule has 0 unspecified atom stereocenters. The van der Waals surface area contributed by atoms with E-state index in [1.165, 1.54) is 16.2 Å². The average Bonchev–Trinajstić information content (AvgIpc) is 3.21. The van der Waals surface area contributed by atoms with Crippen LogP contribution in [-0.4, -0.2) is 62.2 Å². The molecule has 0 atom stereocenters. The van der Waals surface area contributed by atoms with Crippen molar-refractivity contribution in [2.24, 2.45) is 0 Å². The molecule has 1 aliphatic heterocycles. The number of hydrogen-bond acceptors (Lipinski definition) is 6. The number of pyridine rings is 1. The van der Waals surface area contributed by atoms with Gasteiger partial charge in [0.25, 0.3) is 0 Å². The van der Waals surface area contributed by atoms with Crippen LogP contribution >= 0.6 is 11.3 Å². The van der Waals surface area contributed by atoms with Crippen LogP contribution in [0.3, 0.4) is 0 Å². The first-order valence-corrected chi connectivity index (χ1v) is 11.9. The maximum absolute atomic E-state index is 13.2. The first-order chi connectivity index (χ1) is 16.6. The molecule has 1 aromatic carbocycles. The van der Waals surface area contributed by atoms with Gasteiger partial charge in [-0.25, -0.2) is 14.6 Å². The van der Waals surface area contributed by atoms with E-state index in [9.17, 15) is 20.0 Å². The molecule has 0 aliphatic carbocycles. The molecule has 2 aromatic heterocycles. The lowest BCUT2D eigenvalue weighted by atomic mass is 9.99. The minimum Gasteiger partial charge on any atom is -0.465 e. The molecule has 2 N–H and O–H groups in total. The number of nitriles is 1. The van der Waals surface area contributed by atoms with Crippen molar-refractivity contribution in [3.05, 3.63) is 53.3 Å². The summed E-state index contributed by atoms with van der Waals surface area (Å²) in [6, 6.07) is 13.0. The minimum absolute atomic E-state index is 0.223. The summed E-state index contributed by atoms with van der Waals surface area (Å²) >= 11 is 1.35. The first kappa shape index (κ1) is 24.2. The second-order valence-corrected chi connectivity index (χ2v) is 10.1. The van der Waals surface area contributed by atoms with Crippen LogP contribution in [0.15, 0.2) is 36.4 Å². The summed E-state index contributed by atoms with van der Waals surface area (Å²) in [7, 11) is 0. The second-order valence-electron chi connectivity index (χ2n) is 9.13. The maximum Gasteiger partial charge on any atom is 0.407 e. The number of benzene rings is 1. The Morgan fingerprint density at radius 3 is 2.46 bits per heavy atom. The summed E-state index contributed by atoms with van der Waals surface area (Å²) in [5, 5.41) is 22.0. The average molecular weight is 491 g/mol. The van der Waals surface area contributed by atoms with Crippen molar-refractivity contribution in [2.45, 2.75) is 33.2 Å². The molecule has 1 saturated heterocycles. The largest absolute Gasteiger partial charge is 0.465 e. The van der Waals surface area contributed by atoms with Crippen LogP contribution in [0.4, 0.5) is 14.7 Å². The smallest absolute Gasteiger partial charge is 0.407 e. The van der Waals surface area contributed by atoms with Crippen molar-refractivity contribution in [3.8, 4) is 27.8 Å². The fourth-order valence-electron chi connectivity index (χ4n) is 4.32. The monoisotopic (exact) mass is 490 g/mol. The fourth-order valence-corrected chi connectivity index (χ4v) is 5.28. The Balaban J connectivity index is 1.70. The van der Waals surface area contributed by atoms with Crippen LogP contribution in [0.5, 0.6) is 0 Å². The summed E-state index contributed by atoms with van der Waals surface area (Å²) < 4.78 is 0. The van der Waals surface area contributed by atoms with Crippen LogP contribution in [0.2, 0.25) is 0 Å². The maximum atomic E-state index is 13.2. The number of amides is 3. The van der Waals surface area contributed by atoms with Gasteiger partial charge in [0.1, 0.15) is 0 Å². The van der Waals surface area contributed by atoms with Crippen molar-refractivity contribution < 1.29 is 14.7 Å². The van der Waals surface area contributed by atoms with Gasteiger partial charge in [0.05, 0.1) is 27.7 Å². The standard InChI is InChI=1S/C25H26N6O3S/c1-15-10-19(11-16(2)27-15)21-20(18-7-5-6-17(12-18)13-26)28-22(35-21)29-23(32)31-9-8-30(24(33)34)14-25(31,3)4/h5-7,10-12H,8-9,14H2,1-4H3,(H,33,34)(H,28,29,32). The third kappa shape index (κ3) is 5.10. The van der Waals surface area contributed by atoms with Crippen molar-refractivity contribution in [2.75, 3.05) is 25.0 Å². The number of aromatic nitrogens is 2. The number of urea groups is 1. The normalized spacial score (nSPS) is 14.9. The van der Waals surface area contributed by atoms with E-state index in [4.69, 9.17) is 4.98 Å². The number of rotatable bonds is 3. The molecule has 180 valence electrons. The highest BCUT2D eigenvalue weighted by Crippen LogP contribution is 2.40. The molecule has 0 bridgehead atoms. The van der Waals surface area contributed by atoms with Crippen molar-refractivity contribution in [3.63, 3.8) is 0 Å². The molecule has 10 heteroatoms. The Hall–Kier alpha value is -3.97.